The van der Waals surface area contributed by atoms with Gasteiger partial charge in [0.1, 0.15) is 11.4 Å². The first-order valence-electron chi connectivity index (χ1n) is 4.56. The summed E-state index contributed by atoms with van der Waals surface area (Å²) in [7, 11) is 1.57. The van der Waals surface area contributed by atoms with Gasteiger partial charge in [0.25, 0.3) is 5.91 Å². The van der Waals surface area contributed by atoms with Crippen LogP contribution in [0, 0.1) is 0 Å². The zero-order chi connectivity index (χ0) is 11.7. The molecule has 4 nitrogen and oxygen atoms in total. The molecule has 0 bridgehead atoms. The molecule has 5 heteroatoms. The largest absolute Gasteiger partial charge is 0.497 e. The summed E-state index contributed by atoms with van der Waals surface area (Å²) in [6.07, 6.45) is 0. The Bertz CT molecular complexity index is 569. The fourth-order valence-corrected chi connectivity index (χ4v) is 1.67. The summed E-state index contributed by atoms with van der Waals surface area (Å²) in [6.45, 7) is 0. The van der Waals surface area contributed by atoms with Gasteiger partial charge in [0.15, 0.2) is 0 Å². The van der Waals surface area contributed by atoms with Crippen LogP contribution in [0.5, 0.6) is 5.75 Å². The van der Waals surface area contributed by atoms with Crippen LogP contribution in [0.3, 0.4) is 0 Å². The van der Waals surface area contributed by atoms with Gasteiger partial charge in [-0.25, -0.2) is 4.98 Å². The number of aromatic nitrogens is 1. The van der Waals surface area contributed by atoms with E-state index in [9.17, 15) is 4.79 Å². The molecule has 0 saturated carbocycles. The van der Waals surface area contributed by atoms with E-state index in [1.165, 1.54) is 6.07 Å². The lowest BCUT2D eigenvalue weighted by Gasteiger charge is -2.05. The molecule has 0 aliphatic carbocycles. The molecular weight excluding hydrogens is 228 g/mol. The lowest BCUT2D eigenvalue weighted by molar-refractivity contribution is 0.0996. The van der Waals surface area contributed by atoms with Crippen molar-refractivity contribution >= 4 is 28.4 Å². The molecule has 82 valence electrons. The van der Waals surface area contributed by atoms with E-state index in [1.54, 1.807) is 25.3 Å². The number of ether oxygens (including phenoxy) is 1. The summed E-state index contributed by atoms with van der Waals surface area (Å²) < 4.78 is 5.08. The van der Waals surface area contributed by atoms with Gasteiger partial charge in [-0.2, -0.15) is 0 Å². The van der Waals surface area contributed by atoms with Crippen molar-refractivity contribution in [3.8, 4) is 5.75 Å². The van der Waals surface area contributed by atoms with E-state index in [0.717, 1.165) is 5.39 Å². The highest BCUT2D eigenvalue weighted by Gasteiger charge is 2.08. The van der Waals surface area contributed by atoms with Gasteiger partial charge in [0.05, 0.1) is 17.6 Å². The van der Waals surface area contributed by atoms with E-state index in [2.05, 4.69) is 4.98 Å². The number of hydrogen-bond acceptors (Lipinski definition) is 3. The van der Waals surface area contributed by atoms with Gasteiger partial charge in [-0.3, -0.25) is 4.79 Å². The average molecular weight is 237 g/mol. The SMILES string of the molecule is COc1ccc2nc(C(N)=O)cc(Cl)c2c1. The first-order chi connectivity index (χ1) is 7.61. The van der Waals surface area contributed by atoms with Crippen LogP contribution in [0.25, 0.3) is 10.9 Å². The van der Waals surface area contributed by atoms with E-state index < -0.39 is 5.91 Å². The minimum absolute atomic E-state index is 0.155. The van der Waals surface area contributed by atoms with E-state index in [-0.39, 0.29) is 5.69 Å². The molecule has 2 N–H and O–H groups in total. The van der Waals surface area contributed by atoms with Gasteiger partial charge < -0.3 is 10.5 Å². The highest BCUT2D eigenvalue weighted by molar-refractivity contribution is 6.35. The Balaban J connectivity index is 2.71. The predicted octanol–water partition coefficient (Wildman–Crippen LogP) is 2.00. The fraction of sp³-hybridized carbons (Fsp3) is 0.0909. The number of rotatable bonds is 2. The van der Waals surface area contributed by atoms with E-state index in [4.69, 9.17) is 22.1 Å². The number of nitrogens with zero attached hydrogens (tertiary/aromatic N) is 1. The van der Waals surface area contributed by atoms with Gasteiger partial charge >= 0.3 is 0 Å². The second-order valence-electron chi connectivity index (χ2n) is 3.24. The molecule has 0 radical (unpaired) electrons. The number of pyridine rings is 1. The van der Waals surface area contributed by atoms with Crippen molar-refractivity contribution in [1.29, 1.82) is 0 Å². The molecule has 0 atom stereocenters. The maximum atomic E-state index is 11.0. The first-order valence-corrected chi connectivity index (χ1v) is 4.93. The van der Waals surface area contributed by atoms with Gasteiger partial charge in [-0.1, -0.05) is 11.6 Å². The lowest BCUT2D eigenvalue weighted by Crippen LogP contribution is -2.12. The number of carbonyl (C=O) groups excluding carboxylic acids is 1. The number of benzene rings is 1. The molecule has 1 aromatic heterocycles. The van der Waals surface area contributed by atoms with Gasteiger partial charge in [0, 0.05) is 5.39 Å². The highest BCUT2D eigenvalue weighted by atomic mass is 35.5. The molecule has 2 rings (SSSR count). The van der Waals surface area contributed by atoms with Crippen molar-refractivity contribution in [3.05, 3.63) is 35.0 Å². The summed E-state index contributed by atoms with van der Waals surface area (Å²) in [5, 5.41) is 1.16. The molecule has 2 aromatic rings. The Labute approximate surface area is 97.0 Å². The molecule has 1 aromatic carbocycles. The Morgan fingerprint density at radius 2 is 2.19 bits per heavy atom. The van der Waals surface area contributed by atoms with E-state index in [0.29, 0.717) is 16.3 Å². The Morgan fingerprint density at radius 1 is 1.44 bits per heavy atom. The number of hydrogen-bond donors (Lipinski definition) is 1. The number of nitrogens with two attached hydrogens (primary N) is 1. The average Bonchev–Trinajstić information content (AvgIpc) is 2.28. The number of fused-ring (bicyclic) bond motifs is 1. The van der Waals surface area contributed by atoms with Crippen LogP contribution in [0.15, 0.2) is 24.3 Å². The van der Waals surface area contributed by atoms with E-state index in [1.807, 2.05) is 0 Å². The third kappa shape index (κ3) is 1.79. The Hall–Kier alpha value is -1.81. The monoisotopic (exact) mass is 236 g/mol. The number of carbonyl (C=O) groups is 1. The quantitative estimate of drug-likeness (QED) is 0.867. The number of primary amides is 1. The molecule has 16 heavy (non-hydrogen) atoms. The number of amides is 1. The lowest BCUT2D eigenvalue weighted by atomic mass is 10.2. The minimum atomic E-state index is -0.598. The van der Waals surface area contributed by atoms with Gasteiger partial charge in [-0.15, -0.1) is 0 Å². The van der Waals surface area contributed by atoms with Gasteiger partial charge in [-0.05, 0) is 24.3 Å². The molecule has 0 saturated heterocycles. The molecule has 1 amide bonds. The van der Waals surface area contributed by atoms with Crippen molar-refractivity contribution in [2.75, 3.05) is 7.11 Å². The fourth-order valence-electron chi connectivity index (χ4n) is 1.42. The van der Waals surface area contributed by atoms with Crippen molar-refractivity contribution in [2.45, 2.75) is 0 Å². The molecular formula is C11H9ClN2O2. The molecule has 0 unspecified atom stereocenters. The zero-order valence-electron chi connectivity index (χ0n) is 8.53. The third-order valence-electron chi connectivity index (χ3n) is 2.22. The van der Waals surface area contributed by atoms with Crippen LogP contribution in [0.2, 0.25) is 5.02 Å². The van der Waals surface area contributed by atoms with Crippen LogP contribution >= 0.6 is 11.6 Å². The third-order valence-corrected chi connectivity index (χ3v) is 2.53. The van der Waals surface area contributed by atoms with E-state index >= 15 is 0 Å². The molecule has 1 heterocycles. The zero-order valence-corrected chi connectivity index (χ0v) is 9.28. The van der Waals surface area contributed by atoms with Crippen LogP contribution < -0.4 is 10.5 Å². The maximum Gasteiger partial charge on any atom is 0.267 e. The maximum absolute atomic E-state index is 11.0. The van der Waals surface area contributed by atoms with Crippen molar-refractivity contribution in [1.82, 2.24) is 4.98 Å². The van der Waals surface area contributed by atoms with Crippen molar-refractivity contribution in [3.63, 3.8) is 0 Å². The standard InChI is InChI=1S/C11H9ClN2O2/c1-16-6-2-3-9-7(4-6)8(12)5-10(14-9)11(13)15/h2-5H,1H3,(H2,13,15). The molecule has 0 aliphatic heterocycles. The summed E-state index contributed by atoms with van der Waals surface area (Å²) in [5.74, 6) is 0.0858. The summed E-state index contributed by atoms with van der Waals surface area (Å²) in [5.41, 5.74) is 5.91. The molecule has 0 aliphatic rings. The second kappa shape index (κ2) is 3.98. The molecule has 0 fully saturated rings. The summed E-state index contributed by atoms with van der Waals surface area (Å²) in [4.78, 5) is 15.1. The van der Waals surface area contributed by atoms with Crippen LogP contribution in [0.1, 0.15) is 10.5 Å². The van der Waals surface area contributed by atoms with Crippen LogP contribution in [-0.4, -0.2) is 18.0 Å². The van der Waals surface area contributed by atoms with Crippen LogP contribution in [0.4, 0.5) is 0 Å². The highest BCUT2D eigenvalue weighted by Crippen LogP contribution is 2.26. The number of halogens is 1. The van der Waals surface area contributed by atoms with Crippen LogP contribution in [-0.2, 0) is 0 Å². The number of methoxy groups -OCH3 is 1. The van der Waals surface area contributed by atoms with Crippen molar-refractivity contribution in [2.24, 2.45) is 5.73 Å². The normalized spacial score (nSPS) is 10.4. The van der Waals surface area contributed by atoms with Gasteiger partial charge in [0.2, 0.25) is 0 Å². The second-order valence-corrected chi connectivity index (χ2v) is 3.64. The minimum Gasteiger partial charge on any atom is -0.497 e. The topological polar surface area (TPSA) is 65.2 Å². The summed E-state index contributed by atoms with van der Waals surface area (Å²) in [6, 6.07) is 6.68. The Kier molecular flexibility index (Phi) is 2.66. The molecule has 0 spiro atoms. The smallest absolute Gasteiger partial charge is 0.267 e. The Morgan fingerprint density at radius 3 is 2.81 bits per heavy atom. The summed E-state index contributed by atoms with van der Waals surface area (Å²) >= 11 is 6.03. The first kappa shape index (κ1) is 10.7. The predicted molar refractivity (Wildman–Crippen MR) is 61.8 cm³/mol. The van der Waals surface area contributed by atoms with Crippen molar-refractivity contribution < 1.29 is 9.53 Å².